The van der Waals surface area contributed by atoms with Gasteiger partial charge in [0.2, 0.25) is 0 Å². The van der Waals surface area contributed by atoms with Crippen LogP contribution < -0.4 is 0 Å². The Morgan fingerprint density at radius 2 is 1.81 bits per heavy atom. The number of benzene rings is 1. The smallest absolute Gasteiger partial charge is 0.376 e. The molecule has 0 N–H and O–H groups in total. The molecule has 0 atom stereocenters. The normalized spacial score (nSPS) is 12.1. The molecule has 0 saturated heterocycles. The molecule has 0 aromatic heterocycles. The molecule has 0 bridgehead atoms. The first-order valence-electron chi connectivity index (χ1n) is 5.14. The Kier molecular flexibility index (Phi) is 4.35. The molecule has 1 nitrogen and oxygen atoms in total. The largest absolute Gasteiger partial charge is 0.416 e. The number of ether oxygens (including phenoxy) is 1. The van der Waals surface area contributed by atoms with Crippen molar-refractivity contribution in [3.8, 4) is 0 Å². The van der Waals surface area contributed by atoms with E-state index in [1.165, 1.54) is 12.1 Å². The first kappa shape index (κ1) is 13.0. The fourth-order valence-corrected chi connectivity index (χ4v) is 1.33. The lowest BCUT2D eigenvalue weighted by Crippen LogP contribution is -2.11. The molecule has 0 unspecified atom stereocenters. The highest BCUT2D eigenvalue weighted by Crippen LogP contribution is 2.32. The quantitative estimate of drug-likeness (QED) is 0.765. The molecule has 0 saturated carbocycles. The molecule has 1 aromatic rings. The highest BCUT2D eigenvalue weighted by atomic mass is 19.4. The van der Waals surface area contributed by atoms with Crippen LogP contribution in [0, 0.1) is 5.92 Å². The zero-order valence-corrected chi connectivity index (χ0v) is 9.34. The Balaban J connectivity index is 2.72. The molecule has 90 valence electrons. The van der Waals surface area contributed by atoms with E-state index in [9.17, 15) is 13.2 Å². The van der Waals surface area contributed by atoms with E-state index >= 15 is 0 Å². The SMILES string of the molecule is CC(C)COCc1ccccc1C(F)(F)F. The van der Waals surface area contributed by atoms with Crippen molar-refractivity contribution in [1.82, 2.24) is 0 Å². The van der Waals surface area contributed by atoms with E-state index in [1.807, 2.05) is 13.8 Å². The molecule has 16 heavy (non-hydrogen) atoms. The third kappa shape index (κ3) is 3.85. The lowest BCUT2D eigenvalue weighted by molar-refractivity contribution is -0.138. The minimum absolute atomic E-state index is 0.00780. The third-order valence-electron chi connectivity index (χ3n) is 2.03. The van der Waals surface area contributed by atoms with Crippen molar-refractivity contribution in [3.63, 3.8) is 0 Å². The van der Waals surface area contributed by atoms with Gasteiger partial charge in [-0.3, -0.25) is 0 Å². The van der Waals surface area contributed by atoms with Crippen molar-refractivity contribution >= 4 is 0 Å². The van der Waals surface area contributed by atoms with Crippen molar-refractivity contribution in [2.24, 2.45) is 5.92 Å². The predicted molar refractivity (Wildman–Crippen MR) is 55.9 cm³/mol. The molecule has 0 aliphatic rings. The van der Waals surface area contributed by atoms with Crippen molar-refractivity contribution in [1.29, 1.82) is 0 Å². The van der Waals surface area contributed by atoms with Gasteiger partial charge in [-0.05, 0) is 17.5 Å². The number of halogens is 3. The highest BCUT2D eigenvalue weighted by Gasteiger charge is 2.32. The summed E-state index contributed by atoms with van der Waals surface area (Å²) in [5.74, 6) is 0.318. The van der Waals surface area contributed by atoms with Gasteiger partial charge in [-0.25, -0.2) is 0 Å². The van der Waals surface area contributed by atoms with Crippen LogP contribution in [0.15, 0.2) is 24.3 Å². The minimum Gasteiger partial charge on any atom is -0.376 e. The molecule has 1 aromatic carbocycles. The summed E-state index contributed by atoms with van der Waals surface area (Å²) >= 11 is 0. The maximum absolute atomic E-state index is 12.6. The Morgan fingerprint density at radius 3 is 2.38 bits per heavy atom. The van der Waals surface area contributed by atoms with Gasteiger partial charge in [0.05, 0.1) is 12.2 Å². The lowest BCUT2D eigenvalue weighted by atomic mass is 10.1. The van der Waals surface area contributed by atoms with Crippen molar-refractivity contribution in [2.75, 3.05) is 6.61 Å². The van der Waals surface area contributed by atoms with Crippen molar-refractivity contribution in [2.45, 2.75) is 26.6 Å². The predicted octanol–water partition coefficient (Wildman–Crippen LogP) is 3.88. The molecule has 0 amide bonds. The second-order valence-electron chi connectivity index (χ2n) is 4.06. The van der Waals surface area contributed by atoms with Gasteiger partial charge in [0, 0.05) is 6.61 Å². The lowest BCUT2D eigenvalue weighted by Gasteiger charge is -2.13. The van der Waals surface area contributed by atoms with Gasteiger partial charge in [-0.15, -0.1) is 0 Å². The van der Waals surface area contributed by atoms with Gasteiger partial charge >= 0.3 is 6.18 Å². The zero-order valence-electron chi connectivity index (χ0n) is 9.34. The van der Waals surface area contributed by atoms with Gasteiger partial charge in [-0.1, -0.05) is 32.0 Å². The van der Waals surface area contributed by atoms with Crippen LogP contribution in [0.3, 0.4) is 0 Å². The van der Waals surface area contributed by atoms with Crippen LogP contribution in [0.4, 0.5) is 13.2 Å². The Labute approximate surface area is 93.2 Å². The average Bonchev–Trinajstić information content (AvgIpc) is 2.16. The minimum atomic E-state index is -4.31. The van der Waals surface area contributed by atoms with Crippen molar-refractivity contribution < 1.29 is 17.9 Å². The van der Waals surface area contributed by atoms with Crippen LogP contribution in [0.1, 0.15) is 25.0 Å². The average molecular weight is 232 g/mol. The molecule has 4 heteroatoms. The maximum Gasteiger partial charge on any atom is 0.416 e. The monoisotopic (exact) mass is 232 g/mol. The summed E-state index contributed by atoms with van der Waals surface area (Å²) < 4.78 is 43.0. The van der Waals surface area contributed by atoms with Gasteiger partial charge < -0.3 is 4.74 Å². The Bertz CT molecular complexity index is 331. The summed E-state index contributed by atoms with van der Waals surface area (Å²) in [6, 6.07) is 5.50. The zero-order chi connectivity index (χ0) is 12.2. The van der Waals surface area contributed by atoms with E-state index in [4.69, 9.17) is 4.74 Å². The number of rotatable bonds is 4. The van der Waals surface area contributed by atoms with E-state index in [-0.39, 0.29) is 12.2 Å². The molecule has 0 radical (unpaired) electrons. The highest BCUT2D eigenvalue weighted by molar-refractivity contribution is 5.28. The van der Waals surface area contributed by atoms with Crippen LogP contribution in [-0.4, -0.2) is 6.61 Å². The molecular formula is C12H15F3O. The van der Waals surface area contributed by atoms with Crippen LogP contribution in [0.25, 0.3) is 0 Å². The first-order valence-corrected chi connectivity index (χ1v) is 5.14. The van der Waals surface area contributed by atoms with E-state index in [0.29, 0.717) is 12.5 Å². The van der Waals surface area contributed by atoms with Crippen LogP contribution in [-0.2, 0) is 17.5 Å². The second-order valence-corrected chi connectivity index (χ2v) is 4.06. The third-order valence-corrected chi connectivity index (χ3v) is 2.03. The molecule has 0 aliphatic carbocycles. The van der Waals surface area contributed by atoms with Crippen LogP contribution in [0.2, 0.25) is 0 Å². The molecule has 0 aliphatic heterocycles. The molecular weight excluding hydrogens is 217 g/mol. The molecule has 0 heterocycles. The number of hydrogen-bond acceptors (Lipinski definition) is 1. The van der Waals surface area contributed by atoms with Crippen molar-refractivity contribution in [3.05, 3.63) is 35.4 Å². The van der Waals surface area contributed by atoms with E-state index in [0.717, 1.165) is 6.07 Å². The fraction of sp³-hybridized carbons (Fsp3) is 0.500. The fourth-order valence-electron chi connectivity index (χ4n) is 1.33. The summed E-state index contributed by atoms with van der Waals surface area (Å²) in [6.45, 7) is 4.38. The van der Waals surface area contributed by atoms with E-state index in [1.54, 1.807) is 6.07 Å². The van der Waals surface area contributed by atoms with Gasteiger partial charge in [0.15, 0.2) is 0 Å². The molecule has 0 spiro atoms. The molecule has 0 fully saturated rings. The number of hydrogen-bond donors (Lipinski definition) is 0. The number of alkyl halides is 3. The summed E-state index contributed by atoms with van der Waals surface area (Å²) in [7, 11) is 0. The molecule has 1 rings (SSSR count). The summed E-state index contributed by atoms with van der Waals surface area (Å²) in [5.41, 5.74) is -0.422. The Morgan fingerprint density at radius 1 is 1.19 bits per heavy atom. The van der Waals surface area contributed by atoms with Crippen LogP contribution >= 0.6 is 0 Å². The van der Waals surface area contributed by atoms with E-state index in [2.05, 4.69) is 0 Å². The van der Waals surface area contributed by atoms with Gasteiger partial charge in [-0.2, -0.15) is 13.2 Å². The van der Waals surface area contributed by atoms with E-state index < -0.39 is 11.7 Å². The van der Waals surface area contributed by atoms with Gasteiger partial charge in [0.25, 0.3) is 0 Å². The topological polar surface area (TPSA) is 9.23 Å². The van der Waals surface area contributed by atoms with Gasteiger partial charge in [0.1, 0.15) is 0 Å². The second kappa shape index (κ2) is 5.34. The summed E-state index contributed by atoms with van der Waals surface area (Å²) in [6.07, 6.45) is -4.31. The standard InChI is InChI=1S/C12H15F3O/c1-9(2)7-16-8-10-5-3-4-6-11(10)12(13,14)15/h3-6,9H,7-8H2,1-2H3. The van der Waals surface area contributed by atoms with Crippen LogP contribution in [0.5, 0.6) is 0 Å². The first-order chi connectivity index (χ1) is 7.41. The Hall–Kier alpha value is -1.03. The summed E-state index contributed by atoms with van der Waals surface area (Å²) in [4.78, 5) is 0. The summed E-state index contributed by atoms with van der Waals surface area (Å²) in [5, 5.41) is 0. The maximum atomic E-state index is 12.6.